The minimum atomic E-state index is -0.674. The molecule has 0 saturated heterocycles. The molecular formula is C28H35BrN2O5. The molecule has 0 saturated carbocycles. The zero-order valence-corrected chi connectivity index (χ0v) is 22.7. The lowest BCUT2D eigenvalue weighted by molar-refractivity contribution is 0.0114. The fourth-order valence-electron chi connectivity index (χ4n) is 4.57. The van der Waals surface area contributed by atoms with E-state index in [4.69, 9.17) is 9.47 Å². The molecule has 8 heteroatoms. The van der Waals surface area contributed by atoms with Crippen molar-refractivity contribution >= 4 is 32.9 Å². The topological polar surface area (TPSA) is 95.0 Å². The van der Waals surface area contributed by atoms with Gasteiger partial charge in [0.25, 0.3) is 0 Å². The van der Waals surface area contributed by atoms with Crippen molar-refractivity contribution in [1.82, 2.24) is 9.88 Å². The third-order valence-corrected chi connectivity index (χ3v) is 7.52. The average Bonchev–Trinajstić information content (AvgIpc) is 3.26. The predicted molar refractivity (Wildman–Crippen MR) is 143 cm³/mol. The molecule has 36 heavy (non-hydrogen) atoms. The number of halogens is 1. The van der Waals surface area contributed by atoms with Crippen molar-refractivity contribution in [3.8, 4) is 5.75 Å². The summed E-state index contributed by atoms with van der Waals surface area (Å²) < 4.78 is 12.6. The van der Waals surface area contributed by atoms with E-state index in [2.05, 4.69) is 33.0 Å². The lowest BCUT2D eigenvalue weighted by atomic mass is 9.88. The molecule has 1 atom stereocenters. The summed E-state index contributed by atoms with van der Waals surface area (Å²) in [6.07, 6.45) is 1.02. The maximum absolute atomic E-state index is 13.2. The van der Waals surface area contributed by atoms with Gasteiger partial charge in [0.05, 0.1) is 31.8 Å². The maximum atomic E-state index is 13.2. The molecular weight excluding hydrogens is 524 g/mol. The highest BCUT2D eigenvalue weighted by Gasteiger charge is 2.35. The molecule has 194 valence electrons. The number of aliphatic hydroxyl groups is 2. The quantitative estimate of drug-likeness (QED) is 0.325. The van der Waals surface area contributed by atoms with Crippen LogP contribution in [-0.4, -0.2) is 59.2 Å². The van der Waals surface area contributed by atoms with E-state index < -0.39 is 5.41 Å². The fraction of sp³-hybridized carbons (Fsp3) is 0.464. The lowest BCUT2D eigenvalue weighted by Crippen LogP contribution is -2.41. The summed E-state index contributed by atoms with van der Waals surface area (Å²) >= 11 is 3.58. The maximum Gasteiger partial charge on any atom is 0.410 e. The highest BCUT2D eigenvalue weighted by atomic mass is 79.9. The van der Waals surface area contributed by atoms with E-state index >= 15 is 0 Å². The molecule has 1 unspecified atom stereocenters. The van der Waals surface area contributed by atoms with Crippen molar-refractivity contribution in [2.24, 2.45) is 11.3 Å². The van der Waals surface area contributed by atoms with Gasteiger partial charge in [0.1, 0.15) is 11.8 Å². The van der Waals surface area contributed by atoms with Gasteiger partial charge in [-0.25, -0.2) is 4.79 Å². The van der Waals surface area contributed by atoms with Gasteiger partial charge in [-0.05, 0) is 60.2 Å². The van der Waals surface area contributed by atoms with Crippen LogP contribution in [0.3, 0.4) is 0 Å². The fourth-order valence-corrected chi connectivity index (χ4v) is 4.94. The highest BCUT2D eigenvalue weighted by Crippen LogP contribution is 2.40. The summed E-state index contributed by atoms with van der Waals surface area (Å²) in [4.78, 5) is 18.5. The molecule has 1 amide bonds. The van der Waals surface area contributed by atoms with E-state index in [-0.39, 0.29) is 37.9 Å². The first-order chi connectivity index (χ1) is 17.3. The second-order valence-electron chi connectivity index (χ2n) is 10.1. The zero-order chi connectivity index (χ0) is 25.9. The molecule has 0 aliphatic carbocycles. The summed E-state index contributed by atoms with van der Waals surface area (Å²) in [5.74, 6) is 0.895. The molecule has 2 aromatic carbocycles. The number of aromatic amines is 1. The van der Waals surface area contributed by atoms with Crippen molar-refractivity contribution in [3.63, 3.8) is 0 Å². The standard InChI is InChI=1S/C28H35BrN2O5/c1-4-28(15-32,16-33)17-36-21-8-5-19(6-9-21)26-25-22(23-13-20(29)7-10-24(23)30-25)11-12-31(26)27(34)35-14-18(2)3/h5-10,13,18,26,30,32-33H,4,11-12,14-17H2,1-3H3. The van der Waals surface area contributed by atoms with Crippen LogP contribution in [-0.2, 0) is 11.2 Å². The Bertz CT molecular complexity index is 1180. The van der Waals surface area contributed by atoms with Gasteiger partial charge in [0.15, 0.2) is 0 Å². The van der Waals surface area contributed by atoms with E-state index in [9.17, 15) is 15.0 Å². The first-order valence-electron chi connectivity index (χ1n) is 12.5. The van der Waals surface area contributed by atoms with E-state index in [0.29, 0.717) is 25.3 Å². The van der Waals surface area contributed by atoms with Gasteiger partial charge in [-0.2, -0.15) is 0 Å². The number of hydrogen-bond donors (Lipinski definition) is 3. The number of H-pyrrole nitrogens is 1. The molecule has 0 bridgehead atoms. The number of carbonyl (C=O) groups excluding carboxylic acids is 1. The average molecular weight is 560 g/mol. The molecule has 2 heterocycles. The highest BCUT2D eigenvalue weighted by molar-refractivity contribution is 9.10. The minimum absolute atomic E-state index is 0.146. The number of aromatic nitrogens is 1. The van der Waals surface area contributed by atoms with Crippen LogP contribution in [0.2, 0.25) is 0 Å². The van der Waals surface area contributed by atoms with Crippen LogP contribution in [0.4, 0.5) is 4.79 Å². The SMILES string of the molecule is CCC(CO)(CO)COc1ccc(C2c3[nH]c4ccc(Br)cc4c3CCN2C(=O)OCC(C)C)cc1. The Hall–Kier alpha value is -2.55. The van der Waals surface area contributed by atoms with Crippen LogP contribution in [0.1, 0.15) is 50.1 Å². The molecule has 3 aromatic rings. The predicted octanol–water partition coefficient (Wildman–Crippen LogP) is 5.43. The van der Waals surface area contributed by atoms with Gasteiger partial charge in [0.2, 0.25) is 0 Å². The van der Waals surface area contributed by atoms with Gasteiger partial charge in [0, 0.05) is 27.6 Å². The second-order valence-corrected chi connectivity index (χ2v) is 11.0. The molecule has 4 rings (SSSR count). The Morgan fingerprint density at radius 2 is 1.92 bits per heavy atom. The largest absolute Gasteiger partial charge is 0.493 e. The van der Waals surface area contributed by atoms with Crippen LogP contribution < -0.4 is 4.74 Å². The van der Waals surface area contributed by atoms with Crippen molar-refractivity contribution in [3.05, 3.63) is 63.8 Å². The van der Waals surface area contributed by atoms with E-state index in [1.807, 2.05) is 51.1 Å². The van der Waals surface area contributed by atoms with Crippen LogP contribution in [0, 0.1) is 11.3 Å². The van der Waals surface area contributed by atoms with E-state index in [1.165, 1.54) is 5.56 Å². The normalized spacial score (nSPS) is 15.9. The molecule has 0 radical (unpaired) electrons. The minimum Gasteiger partial charge on any atom is -0.493 e. The lowest BCUT2D eigenvalue weighted by Gasteiger charge is -2.35. The molecule has 0 spiro atoms. The smallest absolute Gasteiger partial charge is 0.410 e. The first-order valence-corrected chi connectivity index (χ1v) is 13.3. The number of carbonyl (C=O) groups is 1. The number of hydrogen-bond acceptors (Lipinski definition) is 5. The van der Waals surface area contributed by atoms with Crippen molar-refractivity contribution in [2.75, 3.05) is 33.0 Å². The second kappa shape index (κ2) is 11.2. The summed E-state index contributed by atoms with van der Waals surface area (Å²) in [5.41, 5.74) is 3.51. The van der Waals surface area contributed by atoms with Crippen molar-refractivity contribution in [1.29, 1.82) is 0 Å². The van der Waals surface area contributed by atoms with Gasteiger partial charge < -0.3 is 24.7 Å². The van der Waals surface area contributed by atoms with Gasteiger partial charge in [-0.15, -0.1) is 0 Å². The monoisotopic (exact) mass is 558 g/mol. The van der Waals surface area contributed by atoms with Gasteiger partial charge in [-0.1, -0.05) is 48.8 Å². The number of fused-ring (bicyclic) bond motifs is 3. The molecule has 1 aliphatic heterocycles. The number of rotatable bonds is 9. The van der Waals surface area contributed by atoms with E-state index in [1.54, 1.807) is 4.90 Å². The van der Waals surface area contributed by atoms with Crippen LogP contribution >= 0.6 is 15.9 Å². The number of nitrogens with one attached hydrogen (secondary N) is 1. The third-order valence-electron chi connectivity index (χ3n) is 7.03. The Morgan fingerprint density at radius 3 is 2.56 bits per heavy atom. The summed E-state index contributed by atoms with van der Waals surface area (Å²) in [6, 6.07) is 13.5. The number of benzene rings is 2. The van der Waals surface area contributed by atoms with Crippen LogP contribution in [0.25, 0.3) is 10.9 Å². The molecule has 7 nitrogen and oxygen atoms in total. The van der Waals surface area contributed by atoms with Crippen molar-refractivity contribution < 1.29 is 24.5 Å². The number of nitrogens with zero attached hydrogens (tertiary/aromatic N) is 1. The Labute approximate surface area is 220 Å². The first kappa shape index (κ1) is 26.5. The number of amides is 1. The van der Waals surface area contributed by atoms with Gasteiger partial charge >= 0.3 is 6.09 Å². The Kier molecular flexibility index (Phi) is 8.27. The molecule has 1 aromatic heterocycles. The van der Waals surface area contributed by atoms with Crippen LogP contribution in [0.5, 0.6) is 5.75 Å². The third kappa shape index (κ3) is 5.41. The number of ether oxygens (including phenoxy) is 2. The van der Waals surface area contributed by atoms with Crippen LogP contribution in [0.15, 0.2) is 46.9 Å². The Morgan fingerprint density at radius 1 is 1.19 bits per heavy atom. The summed E-state index contributed by atoms with van der Waals surface area (Å²) in [5, 5.41) is 20.6. The molecule has 1 aliphatic rings. The number of aliphatic hydroxyl groups excluding tert-OH is 2. The summed E-state index contributed by atoms with van der Waals surface area (Å²) in [6.45, 7) is 6.82. The zero-order valence-electron chi connectivity index (χ0n) is 21.1. The molecule has 3 N–H and O–H groups in total. The van der Waals surface area contributed by atoms with E-state index in [0.717, 1.165) is 33.1 Å². The Balaban J connectivity index is 1.66. The summed E-state index contributed by atoms with van der Waals surface area (Å²) in [7, 11) is 0. The van der Waals surface area contributed by atoms with Gasteiger partial charge in [-0.3, -0.25) is 4.90 Å². The van der Waals surface area contributed by atoms with Crippen molar-refractivity contribution in [2.45, 2.75) is 39.7 Å². The molecule has 0 fully saturated rings.